The molecule has 0 aliphatic carbocycles. The molecule has 2 N–H and O–H groups in total. The molecule has 1 saturated heterocycles. The quantitative estimate of drug-likeness (QED) is 0.768. The van der Waals surface area contributed by atoms with Crippen molar-refractivity contribution in [3.63, 3.8) is 0 Å². The third-order valence-electron chi connectivity index (χ3n) is 4.72. The predicted molar refractivity (Wildman–Crippen MR) is 98.9 cm³/mol. The number of hydrogen-bond acceptors (Lipinski definition) is 4. The SMILES string of the molecule is COc1ccccc1CN(CCO)C(=O)NCC1CCCN(C(C)=O)C1. The lowest BCUT2D eigenvalue weighted by molar-refractivity contribution is -0.130. The summed E-state index contributed by atoms with van der Waals surface area (Å²) in [7, 11) is 1.60. The number of carbonyl (C=O) groups is 2. The molecule has 1 fully saturated rings. The number of rotatable bonds is 7. The van der Waals surface area contributed by atoms with Crippen LogP contribution in [-0.4, -0.2) is 66.7 Å². The number of methoxy groups -OCH3 is 1. The zero-order valence-electron chi connectivity index (χ0n) is 15.6. The van der Waals surface area contributed by atoms with E-state index in [9.17, 15) is 14.7 Å². The van der Waals surface area contributed by atoms with Gasteiger partial charge in [0, 0.05) is 38.7 Å². The van der Waals surface area contributed by atoms with Crippen LogP contribution in [0.4, 0.5) is 4.79 Å². The Kier molecular flexibility index (Phi) is 7.72. The van der Waals surface area contributed by atoms with E-state index in [0.717, 1.165) is 24.9 Å². The molecular weight excluding hydrogens is 334 g/mol. The first-order valence-corrected chi connectivity index (χ1v) is 9.06. The van der Waals surface area contributed by atoms with Gasteiger partial charge in [0.15, 0.2) is 0 Å². The van der Waals surface area contributed by atoms with Gasteiger partial charge in [0.25, 0.3) is 0 Å². The van der Waals surface area contributed by atoms with Crippen molar-refractivity contribution >= 4 is 11.9 Å². The van der Waals surface area contributed by atoms with Crippen LogP contribution < -0.4 is 10.1 Å². The van der Waals surface area contributed by atoms with Crippen molar-refractivity contribution in [3.8, 4) is 5.75 Å². The van der Waals surface area contributed by atoms with Gasteiger partial charge in [-0.1, -0.05) is 18.2 Å². The highest BCUT2D eigenvalue weighted by atomic mass is 16.5. The molecule has 3 amide bonds. The summed E-state index contributed by atoms with van der Waals surface area (Å²) in [6.45, 7) is 4.08. The molecule has 0 radical (unpaired) electrons. The van der Waals surface area contributed by atoms with Crippen LogP contribution in [-0.2, 0) is 11.3 Å². The molecule has 1 aromatic carbocycles. The number of amides is 3. The summed E-state index contributed by atoms with van der Waals surface area (Å²) in [6, 6.07) is 7.31. The number of benzene rings is 1. The summed E-state index contributed by atoms with van der Waals surface area (Å²) < 4.78 is 5.34. The van der Waals surface area contributed by atoms with Crippen LogP contribution in [0.1, 0.15) is 25.3 Å². The predicted octanol–water partition coefficient (Wildman–Crippen LogP) is 1.46. The van der Waals surface area contributed by atoms with E-state index < -0.39 is 0 Å². The standard InChI is InChI=1S/C19H29N3O4/c1-15(24)21-9-5-6-16(13-21)12-20-19(25)22(10-11-23)14-17-7-3-4-8-18(17)26-2/h3-4,7-8,16,23H,5-6,9-14H2,1-2H3,(H,20,25). The van der Waals surface area contributed by atoms with Crippen LogP contribution in [0.25, 0.3) is 0 Å². The van der Waals surface area contributed by atoms with E-state index >= 15 is 0 Å². The number of para-hydroxylation sites is 1. The van der Waals surface area contributed by atoms with Crippen LogP contribution >= 0.6 is 0 Å². The minimum atomic E-state index is -0.218. The Balaban J connectivity index is 1.92. The van der Waals surface area contributed by atoms with Crippen LogP contribution in [0.2, 0.25) is 0 Å². The number of ether oxygens (including phenoxy) is 1. The molecule has 0 saturated carbocycles. The second-order valence-electron chi connectivity index (χ2n) is 6.62. The summed E-state index contributed by atoms with van der Waals surface area (Å²) in [4.78, 5) is 27.5. The largest absolute Gasteiger partial charge is 0.496 e. The minimum absolute atomic E-state index is 0.0825. The van der Waals surface area contributed by atoms with Crippen molar-refractivity contribution in [1.29, 1.82) is 0 Å². The van der Waals surface area contributed by atoms with Crippen molar-refractivity contribution in [1.82, 2.24) is 15.1 Å². The molecule has 1 heterocycles. The number of hydrogen-bond donors (Lipinski definition) is 2. The van der Waals surface area contributed by atoms with Gasteiger partial charge in [-0.25, -0.2) is 4.79 Å². The van der Waals surface area contributed by atoms with E-state index in [-0.39, 0.29) is 31.0 Å². The average Bonchev–Trinajstić information content (AvgIpc) is 2.66. The summed E-state index contributed by atoms with van der Waals surface area (Å²) in [5.41, 5.74) is 0.888. The van der Waals surface area contributed by atoms with Crippen molar-refractivity contribution in [2.45, 2.75) is 26.3 Å². The fraction of sp³-hybridized carbons (Fsp3) is 0.579. The second-order valence-corrected chi connectivity index (χ2v) is 6.62. The van der Waals surface area contributed by atoms with Gasteiger partial charge in [-0.05, 0) is 24.8 Å². The summed E-state index contributed by atoms with van der Waals surface area (Å²) in [5.74, 6) is 1.06. The van der Waals surface area contributed by atoms with Gasteiger partial charge in [0.05, 0.1) is 20.3 Å². The van der Waals surface area contributed by atoms with Crippen LogP contribution in [0.3, 0.4) is 0 Å². The van der Waals surface area contributed by atoms with Crippen molar-refractivity contribution in [2.24, 2.45) is 5.92 Å². The topological polar surface area (TPSA) is 82.1 Å². The Hall–Kier alpha value is -2.28. The molecule has 0 bridgehead atoms. The first-order valence-electron chi connectivity index (χ1n) is 9.06. The molecule has 1 aliphatic rings. The van der Waals surface area contributed by atoms with E-state index in [1.54, 1.807) is 18.9 Å². The van der Waals surface area contributed by atoms with E-state index in [1.807, 2.05) is 29.2 Å². The maximum Gasteiger partial charge on any atom is 0.317 e. The second kappa shape index (κ2) is 10.0. The highest BCUT2D eigenvalue weighted by Gasteiger charge is 2.23. The zero-order valence-corrected chi connectivity index (χ0v) is 15.6. The maximum atomic E-state index is 12.6. The lowest BCUT2D eigenvalue weighted by atomic mass is 9.98. The van der Waals surface area contributed by atoms with Crippen LogP contribution in [0.5, 0.6) is 5.75 Å². The summed E-state index contributed by atoms with van der Waals surface area (Å²) >= 11 is 0. The summed E-state index contributed by atoms with van der Waals surface area (Å²) in [6.07, 6.45) is 1.96. The number of nitrogens with zero attached hydrogens (tertiary/aromatic N) is 2. The van der Waals surface area contributed by atoms with E-state index in [2.05, 4.69) is 5.32 Å². The third-order valence-corrected chi connectivity index (χ3v) is 4.72. The van der Waals surface area contributed by atoms with Crippen molar-refractivity contribution < 1.29 is 19.4 Å². The average molecular weight is 363 g/mol. The van der Waals surface area contributed by atoms with Gasteiger partial charge < -0.3 is 25.0 Å². The Morgan fingerprint density at radius 3 is 2.85 bits per heavy atom. The molecule has 7 heteroatoms. The van der Waals surface area contributed by atoms with E-state index in [4.69, 9.17) is 4.74 Å². The molecule has 1 aromatic rings. The van der Waals surface area contributed by atoms with Gasteiger partial charge in [0.2, 0.25) is 5.91 Å². The highest BCUT2D eigenvalue weighted by molar-refractivity contribution is 5.74. The van der Waals surface area contributed by atoms with Gasteiger partial charge in [-0.3, -0.25) is 4.79 Å². The highest BCUT2D eigenvalue weighted by Crippen LogP contribution is 2.19. The van der Waals surface area contributed by atoms with Crippen LogP contribution in [0.15, 0.2) is 24.3 Å². The lowest BCUT2D eigenvalue weighted by Crippen LogP contribution is -2.46. The molecule has 26 heavy (non-hydrogen) atoms. The number of aliphatic hydroxyl groups excluding tert-OH is 1. The monoisotopic (exact) mass is 363 g/mol. The Morgan fingerprint density at radius 2 is 2.15 bits per heavy atom. The number of piperidine rings is 1. The van der Waals surface area contributed by atoms with Gasteiger partial charge in [-0.15, -0.1) is 0 Å². The molecule has 1 aliphatic heterocycles. The first-order chi connectivity index (χ1) is 12.5. The maximum absolute atomic E-state index is 12.6. The number of urea groups is 1. The third kappa shape index (κ3) is 5.62. The molecule has 1 atom stereocenters. The van der Waals surface area contributed by atoms with Crippen molar-refractivity contribution in [2.75, 3.05) is 39.9 Å². The zero-order chi connectivity index (χ0) is 18.9. The van der Waals surface area contributed by atoms with Crippen molar-refractivity contribution in [3.05, 3.63) is 29.8 Å². The van der Waals surface area contributed by atoms with Crippen LogP contribution in [0, 0.1) is 5.92 Å². The Morgan fingerprint density at radius 1 is 1.38 bits per heavy atom. The first kappa shape index (κ1) is 20.0. The number of aliphatic hydroxyl groups is 1. The summed E-state index contributed by atoms with van der Waals surface area (Å²) in [5, 5.41) is 12.3. The fourth-order valence-corrected chi connectivity index (χ4v) is 3.27. The number of carbonyl (C=O) groups excluding carboxylic acids is 2. The normalized spacial score (nSPS) is 16.9. The Labute approximate surface area is 154 Å². The smallest absolute Gasteiger partial charge is 0.317 e. The Bertz CT molecular complexity index is 608. The number of nitrogens with one attached hydrogen (secondary N) is 1. The van der Waals surface area contributed by atoms with Gasteiger partial charge >= 0.3 is 6.03 Å². The molecule has 0 spiro atoms. The molecule has 1 unspecified atom stereocenters. The molecule has 0 aromatic heterocycles. The van der Waals surface area contributed by atoms with Gasteiger partial charge in [-0.2, -0.15) is 0 Å². The molecule has 144 valence electrons. The van der Waals surface area contributed by atoms with Gasteiger partial charge in [0.1, 0.15) is 5.75 Å². The molecule has 2 rings (SSSR count). The number of likely N-dealkylation sites (tertiary alicyclic amines) is 1. The minimum Gasteiger partial charge on any atom is -0.496 e. The van der Waals surface area contributed by atoms with E-state index in [0.29, 0.717) is 25.4 Å². The fourth-order valence-electron chi connectivity index (χ4n) is 3.27. The molecular formula is C19H29N3O4. The lowest BCUT2D eigenvalue weighted by Gasteiger charge is -2.32. The van der Waals surface area contributed by atoms with E-state index in [1.165, 1.54) is 0 Å². The molecule has 7 nitrogen and oxygen atoms in total.